The third-order valence-electron chi connectivity index (χ3n) is 2.60. The summed E-state index contributed by atoms with van der Waals surface area (Å²) in [5.41, 5.74) is 0.451. The lowest BCUT2D eigenvalue weighted by molar-refractivity contribution is 0.601. The van der Waals surface area contributed by atoms with E-state index < -0.39 is 20.0 Å². The first kappa shape index (κ1) is 18.1. The van der Waals surface area contributed by atoms with Gasteiger partial charge in [0.05, 0.1) is 22.7 Å². The summed E-state index contributed by atoms with van der Waals surface area (Å²) in [5, 5.41) is 0.0669. The molecule has 2 N–H and O–H groups in total. The second-order valence-electron chi connectivity index (χ2n) is 4.64. The van der Waals surface area contributed by atoms with Gasteiger partial charge in [-0.05, 0) is 36.4 Å². The molecule has 0 unspecified atom stereocenters. The Hall–Kier alpha value is -1.29. The third kappa shape index (κ3) is 5.10. The Balaban J connectivity index is 2.32. The fourth-order valence-corrected chi connectivity index (χ4v) is 4.41. The molecule has 2 aromatic carbocycles. The maximum absolute atomic E-state index is 12.4. The smallest absolute Gasteiger partial charge is 0.263 e. The van der Waals surface area contributed by atoms with Gasteiger partial charge in [-0.15, -0.1) is 0 Å². The Bertz CT molecular complexity index is 946. The first-order valence-corrected chi connectivity index (χ1v) is 10.7. The summed E-state index contributed by atoms with van der Waals surface area (Å²) >= 11 is 9.16. The summed E-state index contributed by atoms with van der Waals surface area (Å²) in [4.78, 5) is -0.0798. The van der Waals surface area contributed by atoms with E-state index in [0.717, 1.165) is 6.26 Å². The van der Waals surface area contributed by atoms with Crippen LogP contribution in [0.5, 0.6) is 0 Å². The second kappa shape index (κ2) is 6.68. The number of benzene rings is 2. The molecule has 0 atom stereocenters. The van der Waals surface area contributed by atoms with Crippen molar-refractivity contribution in [3.8, 4) is 0 Å². The molecule has 0 aliphatic rings. The van der Waals surface area contributed by atoms with Gasteiger partial charge >= 0.3 is 0 Å². The van der Waals surface area contributed by atoms with Crippen LogP contribution in [0.15, 0.2) is 51.8 Å². The van der Waals surface area contributed by atoms with Gasteiger partial charge in [0.2, 0.25) is 10.0 Å². The average molecular weight is 440 g/mol. The molecule has 23 heavy (non-hydrogen) atoms. The van der Waals surface area contributed by atoms with Gasteiger partial charge in [0.1, 0.15) is 4.90 Å². The van der Waals surface area contributed by atoms with Crippen LogP contribution in [-0.4, -0.2) is 23.1 Å². The SMILES string of the molecule is CS(=O)(=O)Nc1cccc(NS(=O)(=O)c2ccc(Br)cc2Cl)c1. The van der Waals surface area contributed by atoms with Crippen molar-refractivity contribution in [3.63, 3.8) is 0 Å². The summed E-state index contributed by atoms with van der Waals surface area (Å²) in [6.45, 7) is 0. The first-order chi connectivity index (χ1) is 10.6. The van der Waals surface area contributed by atoms with Crippen molar-refractivity contribution >= 4 is 59.0 Å². The summed E-state index contributed by atoms with van der Waals surface area (Å²) in [5.74, 6) is 0. The molecule has 2 rings (SSSR count). The Morgan fingerprint density at radius 2 is 1.57 bits per heavy atom. The number of nitrogens with one attached hydrogen (secondary N) is 2. The van der Waals surface area contributed by atoms with E-state index in [2.05, 4.69) is 25.4 Å². The van der Waals surface area contributed by atoms with Crippen molar-refractivity contribution in [3.05, 3.63) is 52.0 Å². The van der Waals surface area contributed by atoms with E-state index in [1.165, 1.54) is 36.4 Å². The second-order valence-corrected chi connectivity index (χ2v) is 9.36. The van der Waals surface area contributed by atoms with Crippen molar-refractivity contribution < 1.29 is 16.8 Å². The van der Waals surface area contributed by atoms with Gasteiger partial charge in [-0.3, -0.25) is 9.44 Å². The predicted molar refractivity (Wildman–Crippen MR) is 94.9 cm³/mol. The largest absolute Gasteiger partial charge is 0.284 e. The molecule has 0 fully saturated rings. The molecular weight excluding hydrogens is 428 g/mol. The topological polar surface area (TPSA) is 92.3 Å². The highest BCUT2D eigenvalue weighted by Gasteiger charge is 2.18. The molecule has 0 aliphatic heterocycles. The van der Waals surface area contributed by atoms with Crippen LogP contribution in [-0.2, 0) is 20.0 Å². The van der Waals surface area contributed by atoms with Crippen LogP contribution < -0.4 is 9.44 Å². The molecule has 2 aromatic rings. The lowest BCUT2D eigenvalue weighted by atomic mass is 10.3. The predicted octanol–water partition coefficient (Wildman–Crippen LogP) is 3.27. The van der Waals surface area contributed by atoms with Crippen LogP contribution in [0.1, 0.15) is 0 Å². The van der Waals surface area contributed by atoms with E-state index in [1.54, 1.807) is 6.07 Å². The van der Waals surface area contributed by atoms with Gasteiger partial charge in [-0.25, -0.2) is 16.8 Å². The van der Waals surface area contributed by atoms with Crippen molar-refractivity contribution in [2.45, 2.75) is 4.90 Å². The van der Waals surface area contributed by atoms with Crippen LogP contribution in [0.25, 0.3) is 0 Å². The molecule has 10 heteroatoms. The van der Waals surface area contributed by atoms with Gasteiger partial charge in [-0.1, -0.05) is 33.6 Å². The zero-order chi connectivity index (χ0) is 17.3. The monoisotopic (exact) mass is 438 g/mol. The number of anilines is 2. The van der Waals surface area contributed by atoms with Crippen LogP contribution >= 0.6 is 27.5 Å². The molecule has 0 spiro atoms. The van der Waals surface area contributed by atoms with Gasteiger partial charge < -0.3 is 0 Å². The Labute approximate surface area is 148 Å². The van der Waals surface area contributed by atoms with E-state index in [1.807, 2.05) is 0 Å². The normalized spacial score (nSPS) is 12.0. The van der Waals surface area contributed by atoms with E-state index in [0.29, 0.717) is 4.47 Å². The van der Waals surface area contributed by atoms with E-state index in [9.17, 15) is 16.8 Å². The standard InChI is InChI=1S/C13H12BrClN2O4S2/c1-22(18,19)16-10-3-2-4-11(8-10)17-23(20,21)13-6-5-9(14)7-12(13)15/h2-8,16-17H,1H3. The lowest BCUT2D eigenvalue weighted by Crippen LogP contribution is -2.14. The number of hydrogen-bond donors (Lipinski definition) is 2. The third-order valence-corrected chi connectivity index (χ3v) is 5.57. The number of sulfonamides is 2. The lowest BCUT2D eigenvalue weighted by Gasteiger charge is -2.11. The highest BCUT2D eigenvalue weighted by atomic mass is 79.9. The molecule has 0 heterocycles. The Morgan fingerprint density at radius 1 is 0.957 bits per heavy atom. The van der Waals surface area contributed by atoms with Crippen molar-refractivity contribution in [2.24, 2.45) is 0 Å². The average Bonchev–Trinajstić information content (AvgIpc) is 2.35. The van der Waals surface area contributed by atoms with Crippen molar-refractivity contribution in [1.29, 1.82) is 0 Å². The molecule has 0 aliphatic carbocycles. The van der Waals surface area contributed by atoms with E-state index in [-0.39, 0.29) is 21.3 Å². The minimum Gasteiger partial charge on any atom is -0.284 e. The summed E-state index contributed by atoms with van der Waals surface area (Å²) < 4.78 is 52.5. The molecule has 0 saturated heterocycles. The number of hydrogen-bond acceptors (Lipinski definition) is 4. The fourth-order valence-electron chi connectivity index (χ4n) is 1.76. The fraction of sp³-hybridized carbons (Fsp3) is 0.0769. The maximum Gasteiger partial charge on any atom is 0.263 e. The molecule has 0 saturated carbocycles. The molecule has 0 bridgehead atoms. The van der Waals surface area contributed by atoms with E-state index in [4.69, 9.17) is 11.6 Å². The van der Waals surface area contributed by atoms with Gasteiger partial charge in [0.15, 0.2) is 0 Å². The summed E-state index contributed by atoms with van der Waals surface area (Å²) in [6, 6.07) is 10.3. The molecule has 124 valence electrons. The highest BCUT2D eigenvalue weighted by molar-refractivity contribution is 9.10. The van der Waals surface area contributed by atoms with E-state index >= 15 is 0 Å². The van der Waals surface area contributed by atoms with Crippen molar-refractivity contribution in [1.82, 2.24) is 0 Å². The van der Waals surface area contributed by atoms with Crippen molar-refractivity contribution in [2.75, 3.05) is 15.7 Å². The minimum atomic E-state index is -3.90. The van der Waals surface area contributed by atoms with Gasteiger partial charge in [0.25, 0.3) is 10.0 Å². The minimum absolute atomic E-state index is 0.0669. The van der Waals surface area contributed by atoms with Crippen LogP contribution in [0, 0.1) is 0 Å². The molecule has 0 aromatic heterocycles. The number of halogens is 2. The molecule has 0 radical (unpaired) electrons. The van der Waals surface area contributed by atoms with Crippen LogP contribution in [0.2, 0.25) is 5.02 Å². The van der Waals surface area contributed by atoms with Gasteiger partial charge in [0, 0.05) is 4.47 Å². The Morgan fingerprint density at radius 3 is 2.13 bits per heavy atom. The van der Waals surface area contributed by atoms with Crippen LogP contribution in [0.3, 0.4) is 0 Å². The Kier molecular flexibility index (Phi) is 5.24. The molecular formula is C13H12BrClN2O4S2. The summed E-state index contributed by atoms with van der Waals surface area (Å²) in [6.07, 6.45) is 1.01. The maximum atomic E-state index is 12.4. The quantitative estimate of drug-likeness (QED) is 0.748. The number of rotatable bonds is 5. The molecule has 0 amide bonds. The first-order valence-electron chi connectivity index (χ1n) is 6.12. The summed E-state index contributed by atoms with van der Waals surface area (Å²) in [7, 11) is -7.36. The zero-order valence-corrected chi connectivity index (χ0v) is 15.7. The molecule has 6 nitrogen and oxygen atoms in total. The zero-order valence-electron chi connectivity index (χ0n) is 11.7. The van der Waals surface area contributed by atoms with Crippen LogP contribution in [0.4, 0.5) is 11.4 Å². The highest BCUT2D eigenvalue weighted by Crippen LogP contribution is 2.27. The van der Waals surface area contributed by atoms with Gasteiger partial charge in [-0.2, -0.15) is 0 Å².